The summed E-state index contributed by atoms with van der Waals surface area (Å²) in [4.78, 5) is 5.10. The van der Waals surface area contributed by atoms with Crippen LogP contribution in [0.1, 0.15) is 12.8 Å². The van der Waals surface area contributed by atoms with E-state index in [4.69, 9.17) is 23.2 Å². The maximum absolute atomic E-state index is 6.39. The minimum Gasteiger partial charge on any atom is -0.368 e. The molecule has 0 unspecified atom stereocenters. The van der Waals surface area contributed by atoms with E-state index in [1.165, 1.54) is 10.8 Å². The predicted molar refractivity (Wildman–Crippen MR) is 198 cm³/mol. The Bertz CT molecular complexity index is 1810. The number of nitrogens with zero attached hydrogens (tertiary/aromatic N) is 6. The Morgan fingerprint density at radius 2 is 0.870 bits per heavy atom. The van der Waals surface area contributed by atoms with Crippen LogP contribution >= 0.6 is 48.0 Å². The molecule has 0 amide bonds. The van der Waals surface area contributed by atoms with Crippen LogP contribution in [-0.2, 0) is 0 Å². The molecular formula is C34H36Cl4N8. The zero-order valence-electron chi connectivity index (χ0n) is 25.3. The summed E-state index contributed by atoms with van der Waals surface area (Å²) in [5.41, 5.74) is 0. The molecule has 0 saturated carbocycles. The molecule has 1 saturated heterocycles. The van der Waals surface area contributed by atoms with Gasteiger partial charge < -0.3 is 20.4 Å². The number of aromatic nitrogens is 4. The van der Waals surface area contributed by atoms with Crippen LogP contribution in [0.15, 0.2) is 72.8 Å². The van der Waals surface area contributed by atoms with Gasteiger partial charge in [0.25, 0.3) is 0 Å². The van der Waals surface area contributed by atoms with E-state index in [2.05, 4.69) is 89.4 Å². The van der Waals surface area contributed by atoms with Crippen molar-refractivity contribution in [3.63, 3.8) is 0 Å². The van der Waals surface area contributed by atoms with E-state index >= 15 is 0 Å². The molecule has 0 radical (unpaired) electrons. The van der Waals surface area contributed by atoms with Crippen molar-refractivity contribution in [1.82, 2.24) is 30.2 Å². The summed E-state index contributed by atoms with van der Waals surface area (Å²) in [5.74, 6) is 1.58. The number of rotatable bonds is 10. The van der Waals surface area contributed by atoms with Crippen LogP contribution in [0.3, 0.4) is 0 Å². The van der Waals surface area contributed by atoms with E-state index in [9.17, 15) is 0 Å². The molecule has 0 atom stereocenters. The summed E-state index contributed by atoms with van der Waals surface area (Å²) < 4.78 is 0. The van der Waals surface area contributed by atoms with Gasteiger partial charge in [-0.25, -0.2) is 0 Å². The number of halogens is 4. The highest BCUT2D eigenvalue weighted by atomic mass is 35.5. The fraction of sp³-hybridized carbons (Fsp3) is 0.294. The highest BCUT2D eigenvalue weighted by molar-refractivity contribution is 6.35. The topological polar surface area (TPSA) is 82.1 Å². The first-order valence-corrected chi connectivity index (χ1v) is 16.0. The smallest absolute Gasteiger partial charge is 0.159 e. The monoisotopic (exact) mass is 696 g/mol. The van der Waals surface area contributed by atoms with E-state index in [-0.39, 0.29) is 24.8 Å². The average molecular weight is 699 g/mol. The van der Waals surface area contributed by atoms with Gasteiger partial charge in [0.1, 0.15) is 0 Å². The predicted octanol–water partition coefficient (Wildman–Crippen LogP) is 7.95. The molecule has 3 heterocycles. The summed E-state index contributed by atoms with van der Waals surface area (Å²) in [6.45, 7) is 8.13. The lowest BCUT2D eigenvalue weighted by atomic mass is 10.1. The minimum absolute atomic E-state index is 0. The van der Waals surface area contributed by atoms with Gasteiger partial charge in [0, 0.05) is 60.8 Å². The first-order chi connectivity index (χ1) is 21.6. The largest absolute Gasteiger partial charge is 0.368 e. The van der Waals surface area contributed by atoms with Crippen molar-refractivity contribution in [2.24, 2.45) is 0 Å². The summed E-state index contributed by atoms with van der Waals surface area (Å²) in [6.07, 6.45) is 2.07. The van der Waals surface area contributed by atoms with Crippen molar-refractivity contribution in [1.29, 1.82) is 0 Å². The van der Waals surface area contributed by atoms with Crippen LogP contribution < -0.4 is 10.6 Å². The van der Waals surface area contributed by atoms with Gasteiger partial charge in [-0.2, -0.15) is 0 Å². The molecular weight excluding hydrogens is 662 g/mol. The zero-order valence-corrected chi connectivity index (χ0v) is 28.4. The Balaban J connectivity index is 0.00000208. The maximum atomic E-state index is 6.39. The third-order valence-electron chi connectivity index (χ3n) is 8.55. The number of hydrogen-bond acceptors (Lipinski definition) is 8. The normalized spacial score (nSPS) is 14.0. The van der Waals surface area contributed by atoms with Crippen molar-refractivity contribution >= 4 is 103 Å². The fourth-order valence-corrected chi connectivity index (χ4v) is 6.52. The van der Waals surface area contributed by atoms with Gasteiger partial charge in [0.2, 0.25) is 0 Å². The highest BCUT2D eigenvalue weighted by Gasteiger charge is 2.17. The van der Waals surface area contributed by atoms with Gasteiger partial charge in [-0.1, -0.05) is 71.7 Å². The van der Waals surface area contributed by atoms with Gasteiger partial charge in [-0.15, -0.1) is 45.2 Å². The molecule has 1 aliphatic heterocycles. The van der Waals surface area contributed by atoms with Crippen LogP contribution in [0.2, 0.25) is 10.3 Å². The standard InChI is InChI=1S/C34H34Cl2N8.2ClH/c35-31-27-19-23-7-1-3-9-25(23)21-29(27)33(41-39-31)37-11-5-13-43-15-17-44(18-16-43)14-6-12-38-34-30-22-26-10-4-2-8-24(26)20-28(30)32(36)40-42-34;;/h1-4,7-10,19-22H,5-6,11-18H2,(H,37,41)(H,38,42);2*1H. The number of nitrogens with one attached hydrogen (secondary N) is 2. The van der Waals surface area contributed by atoms with Gasteiger partial charge in [-0.05, 0) is 71.7 Å². The fourth-order valence-electron chi connectivity index (χ4n) is 6.13. The molecule has 8 nitrogen and oxygen atoms in total. The third-order valence-corrected chi connectivity index (χ3v) is 9.11. The third kappa shape index (κ3) is 7.49. The lowest BCUT2D eigenvalue weighted by Crippen LogP contribution is -2.47. The Kier molecular flexibility index (Phi) is 11.5. The second-order valence-electron chi connectivity index (χ2n) is 11.4. The van der Waals surface area contributed by atoms with Crippen molar-refractivity contribution in [2.45, 2.75) is 12.8 Å². The number of hydrogen-bond donors (Lipinski definition) is 2. The Hall–Kier alpha value is -3.24. The van der Waals surface area contributed by atoms with Gasteiger partial charge in [0.15, 0.2) is 21.9 Å². The summed E-state index contributed by atoms with van der Waals surface area (Å²) in [7, 11) is 0. The van der Waals surface area contributed by atoms with Crippen molar-refractivity contribution < 1.29 is 0 Å². The summed E-state index contributed by atoms with van der Waals surface area (Å²) >= 11 is 12.8. The van der Waals surface area contributed by atoms with E-state index in [1.54, 1.807) is 0 Å². The second kappa shape index (κ2) is 15.6. The van der Waals surface area contributed by atoms with Crippen LogP contribution in [0.5, 0.6) is 0 Å². The summed E-state index contributed by atoms with van der Waals surface area (Å²) in [6, 6.07) is 25.1. The summed E-state index contributed by atoms with van der Waals surface area (Å²) in [5, 5.41) is 33.5. The number of anilines is 2. The lowest BCUT2D eigenvalue weighted by Gasteiger charge is -2.34. The highest BCUT2D eigenvalue weighted by Crippen LogP contribution is 2.32. The van der Waals surface area contributed by atoms with Crippen LogP contribution in [0.25, 0.3) is 43.1 Å². The van der Waals surface area contributed by atoms with Crippen LogP contribution in [0, 0.1) is 0 Å². The molecule has 7 rings (SSSR count). The molecule has 240 valence electrons. The maximum Gasteiger partial charge on any atom is 0.159 e. The molecule has 12 heteroatoms. The quantitative estimate of drug-likeness (QED) is 0.110. The number of fused-ring (bicyclic) bond motifs is 4. The molecule has 4 aromatic carbocycles. The Morgan fingerprint density at radius 1 is 0.522 bits per heavy atom. The molecule has 0 aliphatic carbocycles. The van der Waals surface area contributed by atoms with E-state index in [1.807, 2.05) is 24.3 Å². The molecule has 1 fully saturated rings. The van der Waals surface area contributed by atoms with Crippen molar-refractivity contribution in [3.05, 3.63) is 83.1 Å². The number of benzene rings is 4. The first-order valence-electron chi connectivity index (χ1n) is 15.2. The minimum atomic E-state index is 0. The van der Waals surface area contributed by atoms with Crippen LogP contribution in [-0.4, -0.2) is 82.6 Å². The van der Waals surface area contributed by atoms with Crippen molar-refractivity contribution in [2.75, 3.05) is 63.0 Å². The molecule has 1 aliphatic rings. The van der Waals surface area contributed by atoms with E-state index in [0.717, 1.165) is 109 Å². The molecule has 2 aromatic heterocycles. The van der Waals surface area contributed by atoms with Gasteiger partial charge in [-0.3, -0.25) is 0 Å². The SMILES string of the molecule is Cl.Cl.Clc1nnc(NCCCN2CCN(CCCNc3nnc(Cl)c4cc5ccccc5cc34)CC2)c2cc3ccccc3cc12. The van der Waals surface area contributed by atoms with E-state index in [0.29, 0.717) is 10.3 Å². The second-order valence-corrected chi connectivity index (χ2v) is 12.1. The molecule has 0 bridgehead atoms. The van der Waals surface area contributed by atoms with Gasteiger partial charge in [0.05, 0.1) is 0 Å². The molecule has 0 spiro atoms. The molecule has 2 N–H and O–H groups in total. The first kappa shape index (κ1) is 34.1. The van der Waals surface area contributed by atoms with Crippen LogP contribution in [0.4, 0.5) is 11.6 Å². The van der Waals surface area contributed by atoms with Crippen molar-refractivity contribution in [3.8, 4) is 0 Å². The molecule has 6 aromatic rings. The van der Waals surface area contributed by atoms with Gasteiger partial charge >= 0.3 is 0 Å². The Labute approximate surface area is 290 Å². The lowest BCUT2D eigenvalue weighted by molar-refractivity contribution is 0.132. The zero-order chi connectivity index (χ0) is 29.9. The average Bonchev–Trinajstić information content (AvgIpc) is 3.06. The van der Waals surface area contributed by atoms with E-state index < -0.39 is 0 Å². The molecule has 46 heavy (non-hydrogen) atoms. The number of piperazine rings is 1. The Morgan fingerprint density at radius 3 is 1.24 bits per heavy atom.